The summed E-state index contributed by atoms with van der Waals surface area (Å²) in [7, 11) is 0. The largest absolute Gasteiger partial charge is 0.336 e. The van der Waals surface area contributed by atoms with Crippen molar-refractivity contribution in [2.24, 2.45) is 0 Å². The van der Waals surface area contributed by atoms with E-state index in [9.17, 15) is 9.59 Å². The maximum absolute atomic E-state index is 11.5. The van der Waals surface area contributed by atoms with Crippen LogP contribution in [0.25, 0.3) is 0 Å². The van der Waals surface area contributed by atoms with E-state index in [-0.39, 0.29) is 17.3 Å². The Labute approximate surface area is 91.9 Å². The predicted molar refractivity (Wildman–Crippen MR) is 57.5 cm³/mol. The van der Waals surface area contributed by atoms with Crippen molar-refractivity contribution in [1.82, 2.24) is 9.97 Å². The topological polar surface area (TPSA) is 72.0 Å². The Morgan fingerprint density at radius 1 is 1.12 bits per heavy atom. The number of allylic oxidation sites excluding steroid dienone is 3. The maximum atomic E-state index is 11.5. The molecular weight excluding hydrogens is 206 g/mol. The summed E-state index contributed by atoms with van der Waals surface area (Å²) in [4.78, 5) is 30.7. The van der Waals surface area contributed by atoms with Crippen LogP contribution in [0.4, 0.5) is 5.82 Å². The molecule has 0 aliphatic heterocycles. The lowest BCUT2D eigenvalue weighted by Crippen LogP contribution is -2.17. The highest BCUT2D eigenvalue weighted by Crippen LogP contribution is 2.13. The van der Waals surface area contributed by atoms with Gasteiger partial charge in [0.25, 0.3) is 0 Å². The number of anilines is 1. The van der Waals surface area contributed by atoms with Crippen molar-refractivity contribution in [3.8, 4) is 0 Å². The summed E-state index contributed by atoms with van der Waals surface area (Å²) in [6.07, 6.45) is 7.08. The SMILES string of the molecule is CC1=CC(=O)C(Nc2cnccn2)=CC1=O. The van der Waals surface area contributed by atoms with E-state index in [4.69, 9.17) is 0 Å². The van der Waals surface area contributed by atoms with Crippen molar-refractivity contribution in [2.45, 2.75) is 6.92 Å². The average molecular weight is 215 g/mol. The van der Waals surface area contributed by atoms with Crippen LogP contribution in [-0.4, -0.2) is 21.5 Å². The number of carbonyl (C=O) groups is 2. The number of carbonyl (C=O) groups excluding carboxylic acids is 2. The van der Waals surface area contributed by atoms with Crippen molar-refractivity contribution in [1.29, 1.82) is 0 Å². The number of hydrogen-bond donors (Lipinski definition) is 1. The highest BCUT2D eigenvalue weighted by atomic mass is 16.1. The van der Waals surface area contributed by atoms with E-state index in [1.54, 1.807) is 6.92 Å². The fraction of sp³-hybridized carbons (Fsp3) is 0.0909. The monoisotopic (exact) mass is 215 g/mol. The molecule has 0 aromatic carbocycles. The smallest absolute Gasteiger partial charge is 0.202 e. The van der Waals surface area contributed by atoms with Gasteiger partial charge in [-0.25, -0.2) is 4.98 Å². The third kappa shape index (κ3) is 2.03. The van der Waals surface area contributed by atoms with Crippen LogP contribution in [0.15, 0.2) is 42.0 Å². The number of hydrogen-bond acceptors (Lipinski definition) is 5. The van der Waals surface area contributed by atoms with E-state index in [0.717, 1.165) is 0 Å². The first-order valence-corrected chi connectivity index (χ1v) is 4.68. The van der Waals surface area contributed by atoms with Gasteiger partial charge in [0.05, 0.1) is 11.9 Å². The molecule has 0 atom stereocenters. The van der Waals surface area contributed by atoms with Crippen LogP contribution in [0.2, 0.25) is 0 Å². The van der Waals surface area contributed by atoms with Crippen LogP contribution in [0.5, 0.6) is 0 Å². The zero-order valence-corrected chi connectivity index (χ0v) is 8.60. The molecule has 1 N–H and O–H groups in total. The molecule has 1 aromatic heterocycles. The van der Waals surface area contributed by atoms with Gasteiger partial charge in [0.15, 0.2) is 5.78 Å². The molecule has 2 rings (SSSR count). The summed E-state index contributed by atoms with van der Waals surface area (Å²) >= 11 is 0. The van der Waals surface area contributed by atoms with Gasteiger partial charge in [0.2, 0.25) is 5.78 Å². The molecule has 1 heterocycles. The van der Waals surface area contributed by atoms with Gasteiger partial charge in [0, 0.05) is 24.0 Å². The Bertz CT molecular complexity index is 503. The van der Waals surface area contributed by atoms with Gasteiger partial charge in [-0.05, 0) is 13.0 Å². The second kappa shape index (κ2) is 4.06. The minimum atomic E-state index is -0.234. The van der Waals surface area contributed by atoms with E-state index in [2.05, 4.69) is 15.3 Å². The van der Waals surface area contributed by atoms with Crippen LogP contribution < -0.4 is 5.32 Å². The average Bonchev–Trinajstić information content (AvgIpc) is 2.27. The summed E-state index contributed by atoms with van der Waals surface area (Å²) in [5.41, 5.74) is 0.658. The minimum Gasteiger partial charge on any atom is -0.336 e. The van der Waals surface area contributed by atoms with E-state index in [1.807, 2.05) is 0 Å². The van der Waals surface area contributed by atoms with Gasteiger partial charge in [-0.15, -0.1) is 0 Å². The van der Waals surface area contributed by atoms with Crippen LogP contribution >= 0.6 is 0 Å². The lowest BCUT2D eigenvalue weighted by molar-refractivity contribution is -0.115. The Kier molecular flexibility index (Phi) is 2.59. The van der Waals surface area contributed by atoms with Crippen molar-refractivity contribution < 1.29 is 9.59 Å². The maximum Gasteiger partial charge on any atom is 0.202 e. The van der Waals surface area contributed by atoms with Crippen molar-refractivity contribution in [3.05, 3.63) is 42.0 Å². The number of rotatable bonds is 2. The standard InChI is InChI=1S/C11H9N3O2/c1-7-4-10(16)8(5-9(7)15)14-11-6-12-2-3-13-11/h2-6H,1H3,(H,13,14). The van der Waals surface area contributed by atoms with Gasteiger partial charge in [-0.1, -0.05) is 0 Å². The van der Waals surface area contributed by atoms with Gasteiger partial charge < -0.3 is 5.32 Å². The first kappa shape index (κ1) is 10.2. The summed E-state index contributed by atoms with van der Waals surface area (Å²) in [6, 6.07) is 0. The molecular formula is C11H9N3O2. The summed E-state index contributed by atoms with van der Waals surface area (Å²) < 4.78 is 0. The molecule has 0 bridgehead atoms. The van der Waals surface area contributed by atoms with Gasteiger partial charge in [0.1, 0.15) is 5.82 Å². The molecule has 0 saturated heterocycles. The minimum absolute atomic E-state index is 0.175. The molecule has 0 spiro atoms. The molecule has 0 amide bonds. The van der Waals surface area contributed by atoms with Crippen LogP contribution in [0.1, 0.15) is 6.92 Å². The fourth-order valence-corrected chi connectivity index (χ4v) is 1.26. The normalized spacial score (nSPS) is 15.6. The Morgan fingerprint density at radius 3 is 2.62 bits per heavy atom. The number of aromatic nitrogens is 2. The van der Waals surface area contributed by atoms with E-state index in [0.29, 0.717) is 11.4 Å². The number of ketones is 2. The first-order chi connectivity index (χ1) is 7.66. The van der Waals surface area contributed by atoms with Crippen molar-refractivity contribution >= 4 is 17.4 Å². The fourth-order valence-electron chi connectivity index (χ4n) is 1.26. The molecule has 1 aliphatic carbocycles. The highest BCUT2D eigenvalue weighted by Gasteiger charge is 2.17. The van der Waals surface area contributed by atoms with Crippen LogP contribution in [0.3, 0.4) is 0 Å². The first-order valence-electron chi connectivity index (χ1n) is 4.68. The molecule has 16 heavy (non-hydrogen) atoms. The third-order valence-corrected chi connectivity index (χ3v) is 2.10. The quantitative estimate of drug-likeness (QED) is 0.741. The van der Waals surface area contributed by atoms with Crippen molar-refractivity contribution in [2.75, 3.05) is 5.32 Å². The molecule has 5 nitrogen and oxygen atoms in total. The molecule has 80 valence electrons. The Morgan fingerprint density at radius 2 is 1.94 bits per heavy atom. The lowest BCUT2D eigenvalue weighted by atomic mass is 10.0. The predicted octanol–water partition coefficient (Wildman–Crippen LogP) is 0.870. The number of nitrogens with zero attached hydrogens (tertiary/aromatic N) is 2. The Hall–Kier alpha value is -2.30. The summed E-state index contributed by atoms with van der Waals surface area (Å²) in [6.45, 7) is 1.61. The van der Waals surface area contributed by atoms with Gasteiger partial charge in [-0.3, -0.25) is 14.6 Å². The van der Waals surface area contributed by atoms with Gasteiger partial charge >= 0.3 is 0 Å². The van der Waals surface area contributed by atoms with E-state index >= 15 is 0 Å². The zero-order chi connectivity index (χ0) is 11.5. The highest BCUT2D eigenvalue weighted by molar-refractivity contribution is 6.20. The third-order valence-electron chi connectivity index (χ3n) is 2.10. The molecule has 0 saturated carbocycles. The molecule has 1 aliphatic rings. The molecule has 0 unspecified atom stereocenters. The van der Waals surface area contributed by atoms with Crippen LogP contribution in [-0.2, 0) is 9.59 Å². The second-order valence-corrected chi connectivity index (χ2v) is 3.33. The summed E-state index contributed by atoms with van der Waals surface area (Å²) in [5, 5.41) is 2.75. The molecule has 0 radical (unpaired) electrons. The van der Waals surface area contributed by atoms with E-state index < -0.39 is 0 Å². The Balaban J connectivity index is 2.21. The molecule has 0 fully saturated rings. The lowest BCUT2D eigenvalue weighted by Gasteiger charge is -2.10. The van der Waals surface area contributed by atoms with Crippen molar-refractivity contribution in [3.63, 3.8) is 0 Å². The van der Waals surface area contributed by atoms with Gasteiger partial charge in [-0.2, -0.15) is 0 Å². The van der Waals surface area contributed by atoms with E-state index in [1.165, 1.54) is 30.7 Å². The second-order valence-electron chi connectivity index (χ2n) is 3.33. The number of nitrogens with one attached hydrogen (secondary N) is 1. The summed E-state index contributed by atoms with van der Waals surface area (Å²) in [5.74, 6) is 0.0246. The van der Waals surface area contributed by atoms with Crippen LogP contribution in [0, 0.1) is 0 Å². The molecule has 1 aromatic rings. The zero-order valence-electron chi connectivity index (χ0n) is 8.60. The molecule has 5 heteroatoms.